The van der Waals surface area contributed by atoms with E-state index in [4.69, 9.17) is 19.3 Å². The molecular weight excluding hydrogens is 940 g/mol. The van der Waals surface area contributed by atoms with Crippen LogP contribution >= 0.6 is 24.8 Å². The number of esters is 3. The van der Waals surface area contributed by atoms with Crippen LogP contribution < -0.4 is 4.74 Å². The number of ether oxygens (including phenoxy) is 3. The Morgan fingerprint density at radius 3 is 1.21 bits per heavy atom. The first-order chi connectivity index (χ1) is 31.7. The largest absolute Gasteiger partial charge is 0.508 e. The van der Waals surface area contributed by atoms with Gasteiger partial charge < -0.3 is 24.4 Å². The van der Waals surface area contributed by atoms with Gasteiger partial charge in [0.1, 0.15) is 23.7 Å². The van der Waals surface area contributed by atoms with Crippen molar-refractivity contribution in [2.24, 2.45) is 47.3 Å². The zero-order valence-electron chi connectivity index (χ0n) is 36.2. The monoisotopic (exact) mass is 992 g/mol. The summed E-state index contributed by atoms with van der Waals surface area (Å²) in [6, 6.07) is 57.1. The highest BCUT2D eigenvalue weighted by atomic mass is 35.5. The highest BCUT2D eigenvalue weighted by Gasteiger charge is 2.65. The molecule has 2 heterocycles. The number of hydrogen-bond donors (Lipinski definition) is 2. The number of halogens is 2. The number of carboxylic acid groups (broad SMARTS) is 1. The average Bonchev–Trinajstić information content (AvgIpc) is 4.17. The Morgan fingerprint density at radius 2 is 0.824 bits per heavy atom. The van der Waals surface area contributed by atoms with Gasteiger partial charge in [0.25, 0.3) is 0 Å². The van der Waals surface area contributed by atoms with Crippen LogP contribution in [0.25, 0.3) is 0 Å². The lowest BCUT2D eigenvalue weighted by atomic mass is 9.80. The molecule has 13 heteroatoms. The van der Waals surface area contributed by atoms with Gasteiger partial charge in [0.05, 0.1) is 45.5 Å². The fourth-order valence-corrected chi connectivity index (χ4v) is 15.3. The second-order valence-electron chi connectivity index (χ2n) is 17.4. The third-order valence-corrected chi connectivity index (χ3v) is 18.3. The predicted octanol–water partition coefficient (Wildman–Crippen LogP) is 11.1. The van der Waals surface area contributed by atoms with E-state index in [1.165, 1.54) is 24.5 Å². The molecule has 2 saturated heterocycles. The molecule has 0 spiro atoms. The Kier molecular flexibility index (Phi) is 16.0. The average molecular weight is 994 g/mol. The third-order valence-electron chi connectivity index (χ3n) is 13.8. The molecule has 9 nitrogen and oxygen atoms in total. The number of benzene rings is 6. The number of aliphatic carboxylic acids is 1. The summed E-state index contributed by atoms with van der Waals surface area (Å²) in [5, 5.41) is 18.4. The lowest BCUT2D eigenvalue weighted by molar-refractivity contribution is -0.151. The van der Waals surface area contributed by atoms with Gasteiger partial charge in [-0.3, -0.25) is 19.2 Å². The lowest BCUT2D eigenvalue weighted by Crippen LogP contribution is -2.34. The first-order valence-corrected chi connectivity index (χ1v) is 24.6. The summed E-state index contributed by atoms with van der Waals surface area (Å²) >= 11 is 0. The fourth-order valence-electron chi connectivity index (χ4n) is 11.1. The molecule has 6 fully saturated rings. The third kappa shape index (κ3) is 9.90. The zero-order chi connectivity index (χ0) is 44.6. The Morgan fingerprint density at radius 1 is 0.485 bits per heavy atom. The van der Waals surface area contributed by atoms with Crippen molar-refractivity contribution in [2.45, 2.75) is 74.7 Å². The van der Waals surface area contributed by atoms with E-state index in [0.29, 0.717) is 11.5 Å². The molecular formula is C55H54Cl2O9S2+2. The van der Waals surface area contributed by atoms with Gasteiger partial charge in [-0.2, -0.15) is 0 Å². The van der Waals surface area contributed by atoms with Crippen LogP contribution in [0.4, 0.5) is 0 Å². The van der Waals surface area contributed by atoms with E-state index in [1.807, 2.05) is 60.7 Å². The van der Waals surface area contributed by atoms with Crippen molar-refractivity contribution < 1.29 is 43.6 Å². The first-order valence-electron chi connectivity index (χ1n) is 22.1. The van der Waals surface area contributed by atoms with Crippen molar-refractivity contribution in [3.05, 3.63) is 170 Å². The summed E-state index contributed by atoms with van der Waals surface area (Å²) in [5.41, 5.74) is 0. The molecule has 352 valence electrons. The molecule has 12 rings (SSSR count). The summed E-state index contributed by atoms with van der Waals surface area (Å²) in [6.07, 6.45) is 3.40. The molecule has 6 aromatic rings. The van der Waals surface area contributed by atoms with Crippen molar-refractivity contribution in [2.75, 3.05) is 0 Å². The van der Waals surface area contributed by atoms with Gasteiger partial charge in [-0.15, -0.1) is 24.8 Å². The van der Waals surface area contributed by atoms with E-state index in [-0.39, 0.29) is 126 Å². The molecule has 2 aliphatic heterocycles. The Bertz CT molecular complexity index is 2580. The number of fused-ring (bicyclic) bond motifs is 2. The molecule has 68 heavy (non-hydrogen) atoms. The molecule has 10 atom stereocenters. The van der Waals surface area contributed by atoms with E-state index in [1.54, 1.807) is 12.1 Å². The van der Waals surface area contributed by atoms with Crippen molar-refractivity contribution in [3.63, 3.8) is 0 Å². The molecule has 6 aromatic carbocycles. The number of hydrogen-bond acceptors (Lipinski definition) is 8. The maximum absolute atomic E-state index is 13.0. The van der Waals surface area contributed by atoms with Crippen LogP contribution in [0.3, 0.4) is 0 Å². The zero-order valence-corrected chi connectivity index (χ0v) is 39.4. The molecule has 4 aliphatic carbocycles. The summed E-state index contributed by atoms with van der Waals surface area (Å²) < 4.78 is 16.3. The Labute approximate surface area is 415 Å². The highest BCUT2D eigenvalue weighted by molar-refractivity contribution is 7.97. The van der Waals surface area contributed by atoms with Crippen LogP contribution in [0.1, 0.15) is 33.1 Å². The van der Waals surface area contributed by atoms with Gasteiger partial charge in [0, 0.05) is 11.8 Å². The number of aromatic hydroxyl groups is 1. The molecule has 0 radical (unpaired) electrons. The van der Waals surface area contributed by atoms with Crippen LogP contribution in [0.2, 0.25) is 0 Å². The van der Waals surface area contributed by atoms with E-state index in [9.17, 15) is 24.3 Å². The number of carbonyl (C=O) groups excluding carboxylic acids is 3. The molecule has 6 aliphatic rings. The number of carbonyl (C=O) groups is 4. The first kappa shape index (κ1) is 50.2. The topological polar surface area (TPSA) is 136 Å². The van der Waals surface area contributed by atoms with Crippen LogP contribution in [0, 0.1) is 47.3 Å². The molecule has 0 aromatic heterocycles. The number of phenolic OH excluding ortho intramolecular Hbond substituents is 1. The normalized spacial score (nSPS) is 25.9. The molecule has 0 amide bonds. The maximum Gasteiger partial charge on any atom is 0.315 e. The number of rotatable bonds is 9. The summed E-state index contributed by atoms with van der Waals surface area (Å²) in [5.74, 6) is -1.46. The highest BCUT2D eigenvalue weighted by Crippen LogP contribution is 2.59. The SMILES string of the molecule is C.Cl.Cl.O=C(O)C1C2CC3OC(=O)C1C3C2.O=C(Oc1ccc([S+](c2ccccc2)c2ccccc2)cc1)C1C2CC3OC(=O)C1C3C2.Oc1ccc([S+](c2ccccc2)c2ccccc2)cc1. The van der Waals surface area contributed by atoms with Crippen molar-refractivity contribution in [1.29, 1.82) is 0 Å². The van der Waals surface area contributed by atoms with Crippen molar-refractivity contribution >= 4 is 70.5 Å². The summed E-state index contributed by atoms with van der Waals surface area (Å²) in [7, 11) is -0.381. The number of phenols is 1. The standard InChI is InChI=1S/C27H23O4S.C18H14OS.C9H10O4.CH4.2ClH/c28-26(24-17-15-22-23(16-17)31-27(29)25(22)24)30-18-11-13-21(14-12-18)32(19-7-3-1-4-8-19)20-9-5-2-6-10-20;19-15-11-13-18(14-12-15)20(16-7-3-1-4-8-16)17-9-5-2-6-10-17;10-8(11)6-3-1-4-5(2-3)13-9(12)7(4)6;;;/h1-14,17,22-25H,15-16H2;1-14H;3-7H,1-2H2,(H,10,11);1H4;2*1H/q+1;;;;;/p+1. The Balaban J connectivity index is 0.000000163. The molecule has 4 saturated carbocycles. The van der Waals surface area contributed by atoms with Crippen LogP contribution in [0.15, 0.2) is 199 Å². The summed E-state index contributed by atoms with van der Waals surface area (Å²) in [6.45, 7) is 0. The fraction of sp³-hybridized carbons (Fsp3) is 0.273. The minimum atomic E-state index is -0.824. The van der Waals surface area contributed by atoms with Gasteiger partial charge in [-0.25, -0.2) is 0 Å². The Hall–Kier alpha value is -5.72. The van der Waals surface area contributed by atoms with Gasteiger partial charge >= 0.3 is 23.9 Å². The minimum Gasteiger partial charge on any atom is -0.508 e. The van der Waals surface area contributed by atoms with Crippen molar-refractivity contribution in [1.82, 2.24) is 0 Å². The van der Waals surface area contributed by atoms with Gasteiger partial charge in [-0.05, 0) is 135 Å². The van der Waals surface area contributed by atoms with Gasteiger partial charge in [-0.1, -0.05) is 80.2 Å². The smallest absolute Gasteiger partial charge is 0.315 e. The van der Waals surface area contributed by atoms with E-state index in [0.717, 1.165) is 30.6 Å². The van der Waals surface area contributed by atoms with Crippen molar-refractivity contribution in [3.8, 4) is 11.5 Å². The van der Waals surface area contributed by atoms with Crippen LogP contribution in [-0.4, -0.2) is 46.3 Å². The molecule has 10 unspecified atom stereocenters. The van der Waals surface area contributed by atoms with E-state index in [2.05, 4.69) is 97.1 Å². The minimum absolute atomic E-state index is 0. The van der Waals surface area contributed by atoms with Gasteiger partial charge in [0.15, 0.2) is 29.4 Å². The number of carboxylic acids is 1. The maximum atomic E-state index is 13.0. The van der Waals surface area contributed by atoms with E-state index >= 15 is 0 Å². The van der Waals surface area contributed by atoms with Crippen LogP contribution in [-0.2, 0) is 50.4 Å². The van der Waals surface area contributed by atoms with E-state index < -0.39 is 11.9 Å². The summed E-state index contributed by atoms with van der Waals surface area (Å²) in [4.78, 5) is 54.8. The van der Waals surface area contributed by atoms with Crippen LogP contribution in [0.5, 0.6) is 11.5 Å². The predicted molar refractivity (Wildman–Crippen MR) is 265 cm³/mol. The quantitative estimate of drug-likeness (QED) is 0.0824. The molecule has 4 bridgehead atoms. The van der Waals surface area contributed by atoms with Gasteiger partial charge in [0.2, 0.25) is 0 Å². The lowest BCUT2D eigenvalue weighted by Gasteiger charge is -2.22. The molecule has 2 N–H and O–H groups in total. The second kappa shape index (κ2) is 21.7. The second-order valence-corrected chi connectivity index (χ2v) is 21.5.